The number of hydrogen-bond acceptors (Lipinski definition) is 5. The molecule has 1 unspecified atom stereocenters. The largest absolute Gasteiger partial charge is 0.465 e. The predicted molar refractivity (Wildman–Crippen MR) is 117 cm³/mol. The fourth-order valence-electron chi connectivity index (χ4n) is 4.94. The molecule has 0 saturated carbocycles. The normalized spacial score (nSPS) is 23.1. The zero-order valence-corrected chi connectivity index (χ0v) is 17.7. The Labute approximate surface area is 185 Å². The van der Waals surface area contributed by atoms with Gasteiger partial charge in [-0.25, -0.2) is 14.2 Å². The Kier molecular flexibility index (Phi) is 5.42. The first-order valence-electron chi connectivity index (χ1n) is 11.0. The molecule has 168 valence electrons. The van der Waals surface area contributed by atoms with Crippen molar-refractivity contribution in [3.8, 4) is 0 Å². The maximum absolute atomic E-state index is 13.3. The summed E-state index contributed by atoms with van der Waals surface area (Å²) in [5.41, 5.74) is 1.83. The van der Waals surface area contributed by atoms with Gasteiger partial charge in [0.05, 0.1) is 5.69 Å². The van der Waals surface area contributed by atoms with Gasteiger partial charge in [0.1, 0.15) is 11.9 Å². The summed E-state index contributed by atoms with van der Waals surface area (Å²) in [6.45, 7) is 4.10. The third-order valence-electron chi connectivity index (χ3n) is 6.72. The predicted octanol–water partition coefficient (Wildman–Crippen LogP) is 2.40. The molecule has 3 aliphatic rings. The molecule has 2 saturated heterocycles. The summed E-state index contributed by atoms with van der Waals surface area (Å²) < 4.78 is 13.2. The van der Waals surface area contributed by atoms with E-state index in [1.165, 1.54) is 17.0 Å². The number of carbonyl (C=O) groups excluding carboxylic acids is 1. The first kappa shape index (κ1) is 20.7. The van der Waals surface area contributed by atoms with Crippen LogP contribution in [0.25, 0.3) is 0 Å². The van der Waals surface area contributed by atoms with Crippen LogP contribution in [0.15, 0.2) is 42.6 Å². The molecule has 32 heavy (non-hydrogen) atoms. The van der Waals surface area contributed by atoms with Gasteiger partial charge in [0.25, 0.3) is 0 Å². The van der Waals surface area contributed by atoms with Gasteiger partial charge in [-0.05, 0) is 42.7 Å². The second-order valence-corrected chi connectivity index (χ2v) is 8.61. The number of carbonyl (C=O) groups is 2. The van der Waals surface area contributed by atoms with Gasteiger partial charge in [-0.3, -0.25) is 14.6 Å². The number of halogens is 1. The van der Waals surface area contributed by atoms with Crippen LogP contribution in [0, 0.1) is 5.82 Å². The van der Waals surface area contributed by atoms with Crippen LogP contribution >= 0.6 is 0 Å². The van der Waals surface area contributed by atoms with Crippen molar-refractivity contribution in [3.63, 3.8) is 0 Å². The van der Waals surface area contributed by atoms with Gasteiger partial charge < -0.3 is 14.9 Å². The summed E-state index contributed by atoms with van der Waals surface area (Å²) in [6, 6.07) is 9.90. The number of amides is 2. The first-order valence-corrected chi connectivity index (χ1v) is 11.0. The molecule has 2 aromatic rings. The first-order chi connectivity index (χ1) is 15.5. The molecule has 1 aromatic heterocycles. The van der Waals surface area contributed by atoms with E-state index in [0.29, 0.717) is 19.5 Å². The Bertz CT molecular complexity index is 1020. The third kappa shape index (κ3) is 3.77. The van der Waals surface area contributed by atoms with Crippen molar-refractivity contribution < 1.29 is 19.1 Å². The van der Waals surface area contributed by atoms with E-state index in [4.69, 9.17) is 0 Å². The number of nitrogens with zero attached hydrogens (tertiary/aromatic N) is 5. The lowest BCUT2D eigenvalue weighted by molar-refractivity contribution is -0.126. The number of anilines is 2. The van der Waals surface area contributed by atoms with Crippen molar-refractivity contribution in [3.05, 3.63) is 54.0 Å². The van der Waals surface area contributed by atoms with Crippen LogP contribution in [0.4, 0.5) is 20.7 Å². The number of carboxylic acid groups (broad SMARTS) is 1. The lowest BCUT2D eigenvalue weighted by atomic mass is 10.0. The number of piperazine rings is 1. The molecule has 0 spiro atoms. The average molecular weight is 439 g/mol. The molecular formula is C23H26FN5O3. The van der Waals surface area contributed by atoms with Crippen molar-refractivity contribution in [2.45, 2.75) is 31.5 Å². The summed E-state index contributed by atoms with van der Waals surface area (Å²) >= 11 is 0. The highest BCUT2D eigenvalue weighted by molar-refractivity contribution is 6.01. The van der Waals surface area contributed by atoms with Crippen LogP contribution in [-0.4, -0.2) is 76.7 Å². The van der Waals surface area contributed by atoms with Crippen LogP contribution in [0.1, 0.15) is 18.4 Å². The summed E-state index contributed by atoms with van der Waals surface area (Å²) in [4.78, 5) is 36.9. The van der Waals surface area contributed by atoms with E-state index < -0.39 is 12.1 Å². The summed E-state index contributed by atoms with van der Waals surface area (Å²) in [5, 5.41) is 9.34. The molecule has 2 fully saturated rings. The van der Waals surface area contributed by atoms with Gasteiger partial charge >= 0.3 is 6.09 Å². The fourth-order valence-corrected chi connectivity index (χ4v) is 4.94. The number of benzene rings is 1. The second-order valence-electron chi connectivity index (χ2n) is 8.61. The van der Waals surface area contributed by atoms with Crippen LogP contribution in [0.2, 0.25) is 0 Å². The highest BCUT2D eigenvalue weighted by Crippen LogP contribution is 2.36. The number of aromatic nitrogens is 1. The Morgan fingerprint density at radius 3 is 2.59 bits per heavy atom. The maximum Gasteiger partial charge on any atom is 0.407 e. The lowest BCUT2D eigenvalue weighted by Gasteiger charge is -2.41. The van der Waals surface area contributed by atoms with Gasteiger partial charge in [-0.15, -0.1) is 0 Å². The average Bonchev–Trinajstić information content (AvgIpc) is 2.91. The molecule has 5 rings (SSSR count). The smallest absolute Gasteiger partial charge is 0.407 e. The van der Waals surface area contributed by atoms with E-state index in [9.17, 15) is 19.1 Å². The number of likely N-dealkylation sites (tertiary alicyclic amines) is 1. The molecule has 0 radical (unpaired) electrons. The topological polar surface area (TPSA) is 80.2 Å². The highest BCUT2D eigenvalue weighted by atomic mass is 19.1. The number of fused-ring (bicyclic) bond motifs is 3. The van der Waals surface area contributed by atoms with E-state index in [2.05, 4.69) is 14.8 Å². The standard InChI is InChI=1S/C23H26FN5O3/c24-17-5-3-16(4-6-17)14-26-12-13-27-18(15-26)7-10-28(19-2-1-9-25-21(19)27)22(30)20-8-11-29(20)23(31)32/h1-6,9,18,20H,7-8,10-15H2,(H,31,32)/t18?,20-/m0/s1. The van der Waals surface area contributed by atoms with Gasteiger partial charge in [0, 0.05) is 51.5 Å². The van der Waals surface area contributed by atoms with Crippen molar-refractivity contribution in [1.29, 1.82) is 0 Å². The quantitative estimate of drug-likeness (QED) is 0.791. The minimum Gasteiger partial charge on any atom is -0.465 e. The molecule has 4 heterocycles. The molecule has 1 N–H and O–H groups in total. The minimum absolute atomic E-state index is 0.170. The zero-order valence-electron chi connectivity index (χ0n) is 17.7. The lowest BCUT2D eigenvalue weighted by Crippen LogP contribution is -2.59. The Balaban J connectivity index is 1.35. The van der Waals surface area contributed by atoms with Crippen molar-refractivity contribution in [2.24, 2.45) is 0 Å². The third-order valence-corrected chi connectivity index (χ3v) is 6.72. The summed E-state index contributed by atoms with van der Waals surface area (Å²) in [7, 11) is 0. The molecule has 2 atom stereocenters. The van der Waals surface area contributed by atoms with Crippen LogP contribution < -0.4 is 9.80 Å². The molecule has 3 aliphatic heterocycles. The van der Waals surface area contributed by atoms with Gasteiger partial charge in [-0.1, -0.05) is 12.1 Å². The Morgan fingerprint density at radius 1 is 1.06 bits per heavy atom. The summed E-state index contributed by atoms with van der Waals surface area (Å²) in [6.07, 6.45) is 2.00. The van der Waals surface area contributed by atoms with E-state index in [1.54, 1.807) is 11.1 Å². The monoisotopic (exact) mass is 439 g/mol. The van der Waals surface area contributed by atoms with E-state index in [0.717, 1.165) is 49.7 Å². The fraction of sp³-hybridized carbons (Fsp3) is 0.435. The van der Waals surface area contributed by atoms with Gasteiger partial charge in [0.2, 0.25) is 5.91 Å². The van der Waals surface area contributed by atoms with E-state index >= 15 is 0 Å². The number of rotatable bonds is 3. The number of hydrogen-bond donors (Lipinski definition) is 1. The summed E-state index contributed by atoms with van der Waals surface area (Å²) in [5.74, 6) is 0.379. The SMILES string of the molecule is O=C([C@@H]1CCN1C(=O)O)N1CCC2CN(Cc3ccc(F)cc3)CCN2c2ncccc21. The van der Waals surface area contributed by atoms with Crippen molar-refractivity contribution in [1.82, 2.24) is 14.8 Å². The maximum atomic E-state index is 13.3. The number of pyridine rings is 1. The second kappa shape index (κ2) is 8.38. The molecule has 0 aliphatic carbocycles. The van der Waals surface area contributed by atoms with Crippen molar-refractivity contribution >= 4 is 23.5 Å². The van der Waals surface area contributed by atoms with E-state index in [1.807, 2.05) is 24.3 Å². The minimum atomic E-state index is -1.05. The van der Waals surface area contributed by atoms with Crippen LogP contribution in [0.3, 0.4) is 0 Å². The molecule has 1 aromatic carbocycles. The Morgan fingerprint density at radius 2 is 1.88 bits per heavy atom. The molecule has 9 heteroatoms. The Hall–Kier alpha value is -3.20. The molecule has 2 amide bonds. The van der Waals surface area contributed by atoms with Gasteiger partial charge in [0.15, 0.2) is 5.82 Å². The zero-order chi connectivity index (χ0) is 22.2. The van der Waals surface area contributed by atoms with E-state index in [-0.39, 0.29) is 17.8 Å². The van der Waals surface area contributed by atoms with Crippen LogP contribution in [-0.2, 0) is 11.3 Å². The van der Waals surface area contributed by atoms with Gasteiger partial charge in [-0.2, -0.15) is 0 Å². The highest BCUT2D eigenvalue weighted by Gasteiger charge is 2.42. The molecule has 8 nitrogen and oxygen atoms in total. The molecule has 0 bridgehead atoms. The van der Waals surface area contributed by atoms with Crippen LogP contribution in [0.5, 0.6) is 0 Å². The molecular weight excluding hydrogens is 413 g/mol. The van der Waals surface area contributed by atoms with Crippen molar-refractivity contribution in [2.75, 3.05) is 42.5 Å².